The van der Waals surface area contributed by atoms with Crippen molar-refractivity contribution >= 4 is 0 Å². The number of hydrogen-bond acceptors (Lipinski definition) is 3. The predicted octanol–water partition coefficient (Wildman–Crippen LogP) is 0.924. The number of rotatable bonds is 1. The number of nitriles is 1. The van der Waals surface area contributed by atoms with Gasteiger partial charge in [-0.1, -0.05) is 0 Å². The Morgan fingerprint density at radius 3 is 2.62 bits per heavy atom. The number of piperazine rings is 1. The van der Waals surface area contributed by atoms with E-state index >= 15 is 0 Å². The first kappa shape index (κ1) is 10.5. The van der Waals surface area contributed by atoms with E-state index < -0.39 is 0 Å². The van der Waals surface area contributed by atoms with Gasteiger partial charge in [-0.3, -0.25) is 4.90 Å². The molecule has 0 aromatic heterocycles. The molecule has 0 saturated carbocycles. The van der Waals surface area contributed by atoms with Crippen molar-refractivity contribution in [3.8, 4) is 6.07 Å². The minimum atomic E-state index is 0.189. The zero-order valence-corrected chi connectivity index (χ0v) is 9.04. The Balaban J connectivity index is 2.71. The topological polar surface area (TPSA) is 30.3 Å². The summed E-state index contributed by atoms with van der Waals surface area (Å²) in [6, 6.07) is 2.65. The van der Waals surface area contributed by atoms with Crippen LogP contribution in [0.2, 0.25) is 0 Å². The number of likely N-dealkylation sites (N-methyl/N-ethyl adjacent to an activating group) is 2. The largest absolute Gasteiger partial charge is 0.303 e. The summed E-state index contributed by atoms with van der Waals surface area (Å²) in [4.78, 5) is 4.64. The highest BCUT2D eigenvalue weighted by Crippen LogP contribution is 2.23. The van der Waals surface area contributed by atoms with E-state index in [1.807, 2.05) is 0 Å². The summed E-state index contributed by atoms with van der Waals surface area (Å²) in [5, 5.41) is 8.70. The maximum absolute atomic E-state index is 8.70. The minimum Gasteiger partial charge on any atom is -0.303 e. The van der Waals surface area contributed by atoms with Crippen LogP contribution in [0.1, 0.15) is 20.3 Å². The van der Waals surface area contributed by atoms with Gasteiger partial charge in [0.05, 0.1) is 12.5 Å². The molecule has 0 spiro atoms. The molecule has 0 bridgehead atoms. The average molecular weight is 181 g/mol. The van der Waals surface area contributed by atoms with E-state index in [9.17, 15) is 0 Å². The molecule has 74 valence electrons. The Hall–Kier alpha value is -0.590. The highest BCUT2D eigenvalue weighted by atomic mass is 15.3. The normalized spacial score (nSPS) is 29.9. The van der Waals surface area contributed by atoms with E-state index in [2.05, 4.69) is 43.8 Å². The van der Waals surface area contributed by atoms with Gasteiger partial charge in [0.2, 0.25) is 0 Å². The molecule has 0 amide bonds. The number of nitrogens with zero attached hydrogens (tertiary/aromatic N) is 3. The Morgan fingerprint density at radius 2 is 2.08 bits per heavy atom. The Morgan fingerprint density at radius 1 is 1.46 bits per heavy atom. The molecule has 0 N–H and O–H groups in total. The maximum atomic E-state index is 8.70. The van der Waals surface area contributed by atoms with Crippen LogP contribution in [0, 0.1) is 11.3 Å². The van der Waals surface area contributed by atoms with Gasteiger partial charge in [0.25, 0.3) is 0 Å². The van der Waals surface area contributed by atoms with Crippen molar-refractivity contribution in [3.05, 3.63) is 0 Å². The average Bonchev–Trinajstić information content (AvgIpc) is 1.99. The molecule has 0 aromatic rings. The van der Waals surface area contributed by atoms with Crippen LogP contribution in [0.15, 0.2) is 0 Å². The summed E-state index contributed by atoms with van der Waals surface area (Å²) in [6.07, 6.45) is 0.629. The Kier molecular flexibility index (Phi) is 2.94. The lowest BCUT2D eigenvalue weighted by Crippen LogP contribution is -2.61. The Bertz CT molecular complexity index is 217. The van der Waals surface area contributed by atoms with Gasteiger partial charge in [-0.25, -0.2) is 0 Å². The van der Waals surface area contributed by atoms with Crippen LogP contribution in [-0.4, -0.2) is 48.6 Å². The molecule has 13 heavy (non-hydrogen) atoms. The van der Waals surface area contributed by atoms with Gasteiger partial charge < -0.3 is 4.90 Å². The minimum absolute atomic E-state index is 0.189. The van der Waals surface area contributed by atoms with Crippen molar-refractivity contribution in [3.63, 3.8) is 0 Å². The molecule has 3 heteroatoms. The zero-order valence-electron chi connectivity index (χ0n) is 9.04. The van der Waals surface area contributed by atoms with E-state index in [0.29, 0.717) is 12.5 Å². The SMILES string of the molecule is CN1CC(CC#N)N(C)C(C)(C)C1. The van der Waals surface area contributed by atoms with Crippen molar-refractivity contribution in [2.24, 2.45) is 0 Å². The molecule has 0 radical (unpaired) electrons. The second-order valence-electron chi connectivity index (χ2n) is 4.64. The van der Waals surface area contributed by atoms with Crippen molar-refractivity contribution in [2.45, 2.75) is 31.8 Å². The monoisotopic (exact) mass is 181 g/mol. The van der Waals surface area contributed by atoms with Gasteiger partial charge in [0.1, 0.15) is 0 Å². The third kappa shape index (κ3) is 2.20. The zero-order chi connectivity index (χ0) is 10.1. The molecule has 0 aromatic carbocycles. The first-order chi connectivity index (χ1) is 5.97. The van der Waals surface area contributed by atoms with E-state index in [1.54, 1.807) is 0 Å². The van der Waals surface area contributed by atoms with Gasteiger partial charge >= 0.3 is 0 Å². The molecule has 1 heterocycles. The molecular weight excluding hydrogens is 162 g/mol. The molecule has 1 atom stereocenters. The quantitative estimate of drug-likeness (QED) is 0.602. The smallest absolute Gasteiger partial charge is 0.0638 e. The molecule has 1 rings (SSSR count). The maximum Gasteiger partial charge on any atom is 0.0638 e. The first-order valence-corrected chi connectivity index (χ1v) is 4.76. The van der Waals surface area contributed by atoms with Crippen molar-refractivity contribution < 1.29 is 0 Å². The first-order valence-electron chi connectivity index (χ1n) is 4.76. The standard InChI is InChI=1S/C10H19N3/c1-10(2)8-12(3)7-9(5-6-11)13(10)4/h9H,5,7-8H2,1-4H3. The summed E-state index contributed by atoms with van der Waals surface area (Å²) in [6.45, 7) is 6.54. The summed E-state index contributed by atoms with van der Waals surface area (Å²) >= 11 is 0. The number of hydrogen-bond donors (Lipinski definition) is 0. The second kappa shape index (κ2) is 3.65. The Labute approximate surface area is 80.9 Å². The molecule has 1 saturated heterocycles. The van der Waals surface area contributed by atoms with Crippen molar-refractivity contribution in [2.75, 3.05) is 27.2 Å². The van der Waals surface area contributed by atoms with E-state index in [4.69, 9.17) is 5.26 Å². The van der Waals surface area contributed by atoms with Crippen molar-refractivity contribution in [1.29, 1.82) is 5.26 Å². The third-order valence-electron chi connectivity index (χ3n) is 3.01. The van der Waals surface area contributed by atoms with Crippen LogP contribution in [0.5, 0.6) is 0 Å². The second-order valence-corrected chi connectivity index (χ2v) is 4.64. The van der Waals surface area contributed by atoms with Gasteiger partial charge in [-0.15, -0.1) is 0 Å². The molecule has 1 aliphatic heterocycles. The van der Waals surface area contributed by atoms with Crippen LogP contribution in [-0.2, 0) is 0 Å². The fourth-order valence-corrected chi connectivity index (χ4v) is 2.12. The lowest BCUT2D eigenvalue weighted by molar-refractivity contribution is 0.00711. The molecule has 1 fully saturated rings. The van der Waals surface area contributed by atoms with Gasteiger partial charge in [-0.05, 0) is 27.9 Å². The van der Waals surface area contributed by atoms with Crippen LogP contribution in [0.25, 0.3) is 0 Å². The molecule has 0 aliphatic carbocycles. The molecule has 3 nitrogen and oxygen atoms in total. The van der Waals surface area contributed by atoms with Crippen LogP contribution in [0.4, 0.5) is 0 Å². The molecular formula is C10H19N3. The molecule has 1 unspecified atom stereocenters. The van der Waals surface area contributed by atoms with Crippen molar-refractivity contribution in [1.82, 2.24) is 9.80 Å². The highest BCUT2D eigenvalue weighted by Gasteiger charge is 2.35. The van der Waals surface area contributed by atoms with Gasteiger partial charge in [0, 0.05) is 24.7 Å². The lowest BCUT2D eigenvalue weighted by atomic mass is 9.95. The fraction of sp³-hybridized carbons (Fsp3) is 0.900. The van der Waals surface area contributed by atoms with Crippen LogP contribution >= 0.6 is 0 Å². The fourth-order valence-electron chi connectivity index (χ4n) is 2.12. The van der Waals surface area contributed by atoms with Crippen LogP contribution < -0.4 is 0 Å². The van der Waals surface area contributed by atoms with E-state index in [-0.39, 0.29) is 5.54 Å². The summed E-state index contributed by atoms with van der Waals surface area (Å²) in [5.74, 6) is 0. The van der Waals surface area contributed by atoms with Crippen LogP contribution in [0.3, 0.4) is 0 Å². The van der Waals surface area contributed by atoms with E-state index in [0.717, 1.165) is 13.1 Å². The lowest BCUT2D eigenvalue weighted by Gasteiger charge is -2.48. The predicted molar refractivity (Wildman–Crippen MR) is 53.4 cm³/mol. The van der Waals surface area contributed by atoms with Gasteiger partial charge in [-0.2, -0.15) is 5.26 Å². The highest BCUT2D eigenvalue weighted by molar-refractivity contribution is 4.96. The van der Waals surface area contributed by atoms with Gasteiger partial charge in [0.15, 0.2) is 0 Å². The third-order valence-corrected chi connectivity index (χ3v) is 3.01. The summed E-state index contributed by atoms with van der Waals surface area (Å²) < 4.78 is 0. The molecule has 1 aliphatic rings. The summed E-state index contributed by atoms with van der Waals surface area (Å²) in [7, 11) is 4.24. The summed E-state index contributed by atoms with van der Waals surface area (Å²) in [5.41, 5.74) is 0.189. The van der Waals surface area contributed by atoms with E-state index in [1.165, 1.54) is 0 Å².